The number of benzene rings is 1. The molecule has 142 valence electrons. The fourth-order valence-corrected chi connectivity index (χ4v) is 2.52. The second kappa shape index (κ2) is 7.56. The van der Waals surface area contributed by atoms with Gasteiger partial charge in [0, 0.05) is 0 Å². The number of hydrogen-bond acceptors (Lipinski definition) is 4. The Labute approximate surface area is 152 Å². The first-order valence-electron chi connectivity index (χ1n) is 7.95. The molecule has 2 heterocycles. The van der Waals surface area contributed by atoms with Crippen molar-refractivity contribution in [2.75, 3.05) is 13.7 Å². The topological polar surface area (TPSA) is 60.5 Å². The molecule has 27 heavy (non-hydrogen) atoms. The van der Waals surface area contributed by atoms with E-state index in [-0.39, 0.29) is 23.7 Å². The molecule has 0 bridgehead atoms. The molecule has 0 unspecified atom stereocenters. The van der Waals surface area contributed by atoms with Crippen molar-refractivity contribution in [3.8, 4) is 11.4 Å². The molecule has 3 aromatic rings. The molecular weight excluding hydrogens is 363 g/mol. The van der Waals surface area contributed by atoms with Crippen LogP contribution in [0.25, 0.3) is 5.69 Å². The summed E-state index contributed by atoms with van der Waals surface area (Å²) < 4.78 is 50.6. The van der Waals surface area contributed by atoms with Crippen LogP contribution in [0.4, 0.5) is 13.2 Å². The Bertz CT molecular complexity index is 890. The van der Waals surface area contributed by atoms with E-state index in [2.05, 4.69) is 5.10 Å². The summed E-state index contributed by atoms with van der Waals surface area (Å²) in [5, 5.41) is 4.13. The van der Waals surface area contributed by atoms with Gasteiger partial charge in [-0.2, -0.15) is 18.3 Å². The van der Waals surface area contributed by atoms with E-state index < -0.39 is 18.6 Å². The predicted molar refractivity (Wildman–Crippen MR) is 89.6 cm³/mol. The summed E-state index contributed by atoms with van der Waals surface area (Å²) in [5.41, 5.74) is 0.431. The number of furan rings is 1. The zero-order valence-electron chi connectivity index (χ0n) is 14.3. The van der Waals surface area contributed by atoms with Gasteiger partial charge in [0.25, 0.3) is 5.91 Å². The lowest BCUT2D eigenvalue weighted by molar-refractivity contribution is -0.142. The summed E-state index contributed by atoms with van der Waals surface area (Å²) in [7, 11) is 1.32. The molecule has 0 fully saturated rings. The molecule has 0 saturated heterocycles. The highest BCUT2D eigenvalue weighted by Gasteiger charge is 2.35. The minimum atomic E-state index is -4.57. The molecule has 0 aliphatic rings. The van der Waals surface area contributed by atoms with E-state index >= 15 is 0 Å². The molecule has 0 atom stereocenters. The molecule has 0 radical (unpaired) electrons. The molecule has 1 amide bonds. The van der Waals surface area contributed by atoms with Crippen molar-refractivity contribution in [3.63, 3.8) is 0 Å². The number of ether oxygens (including phenoxy) is 1. The minimum Gasteiger partial charge on any atom is -0.493 e. The molecule has 2 aromatic heterocycles. The summed E-state index contributed by atoms with van der Waals surface area (Å²) in [5.74, 6) is -0.597. The quantitative estimate of drug-likeness (QED) is 0.656. The number of carbonyl (C=O) groups excluding carboxylic acids is 1. The molecule has 0 aliphatic heterocycles. The average Bonchev–Trinajstić information content (AvgIpc) is 3.29. The Kier molecular flexibility index (Phi) is 5.20. The van der Waals surface area contributed by atoms with Crippen LogP contribution in [0, 0.1) is 0 Å². The Hall–Kier alpha value is -3.23. The zero-order chi connectivity index (χ0) is 19.4. The van der Waals surface area contributed by atoms with Crippen LogP contribution < -0.4 is 4.74 Å². The third kappa shape index (κ3) is 4.49. The number of rotatable bonds is 6. The molecule has 6 nitrogen and oxygen atoms in total. The maximum absolute atomic E-state index is 13.0. The van der Waals surface area contributed by atoms with Crippen LogP contribution in [-0.4, -0.2) is 40.4 Å². The highest BCUT2D eigenvalue weighted by atomic mass is 19.4. The Morgan fingerprint density at radius 1 is 1.22 bits per heavy atom. The number of para-hydroxylation sites is 1. The first-order valence-corrected chi connectivity index (χ1v) is 7.95. The van der Waals surface area contributed by atoms with Crippen molar-refractivity contribution in [1.29, 1.82) is 0 Å². The lowest BCUT2D eigenvalue weighted by Gasteiger charge is -2.22. The Morgan fingerprint density at radius 2 is 1.96 bits per heavy atom. The van der Waals surface area contributed by atoms with Crippen LogP contribution in [0.3, 0.4) is 0 Å². The Morgan fingerprint density at radius 3 is 2.56 bits per heavy atom. The van der Waals surface area contributed by atoms with Crippen molar-refractivity contribution in [2.24, 2.45) is 0 Å². The van der Waals surface area contributed by atoms with E-state index in [0.29, 0.717) is 10.6 Å². The highest BCUT2D eigenvalue weighted by molar-refractivity contribution is 5.95. The standard InChI is InChI=1S/C18H16F3N3O3/c1-26-15-11-24(13-6-3-2-4-7-13)22-16(15)17(25)23(12-18(19,20)21)10-14-8-5-9-27-14/h2-9,11H,10,12H2,1H3. The third-order valence-electron chi connectivity index (χ3n) is 3.71. The number of methoxy groups -OCH3 is 1. The summed E-state index contributed by atoms with van der Waals surface area (Å²) in [6.45, 7) is -1.78. The molecular formula is C18H16F3N3O3. The number of aromatic nitrogens is 2. The van der Waals surface area contributed by atoms with Crippen LogP contribution in [0.2, 0.25) is 0 Å². The molecule has 0 spiro atoms. The summed E-state index contributed by atoms with van der Waals surface area (Å²) in [4.78, 5) is 13.4. The van der Waals surface area contributed by atoms with Crippen LogP contribution in [-0.2, 0) is 6.54 Å². The lowest BCUT2D eigenvalue weighted by atomic mass is 10.3. The second-order valence-electron chi connectivity index (χ2n) is 5.68. The molecule has 3 rings (SSSR count). The van der Waals surface area contributed by atoms with Gasteiger partial charge in [0.2, 0.25) is 0 Å². The maximum Gasteiger partial charge on any atom is 0.406 e. The van der Waals surface area contributed by atoms with Crippen LogP contribution in [0.15, 0.2) is 59.3 Å². The fourth-order valence-electron chi connectivity index (χ4n) is 2.52. The van der Waals surface area contributed by atoms with Crippen molar-refractivity contribution < 1.29 is 27.1 Å². The maximum atomic E-state index is 13.0. The molecule has 9 heteroatoms. The number of halogens is 3. The minimum absolute atomic E-state index is 0.0791. The number of carbonyl (C=O) groups is 1. The van der Waals surface area contributed by atoms with Gasteiger partial charge in [0.05, 0.1) is 31.8 Å². The van der Waals surface area contributed by atoms with Crippen molar-refractivity contribution >= 4 is 5.91 Å². The van der Waals surface area contributed by atoms with E-state index in [1.54, 1.807) is 24.3 Å². The third-order valence-corrected chi connectivity index (χ3v) is 3.71. The summed E-state index contributed by atoms with van der Waals surface area (Å²) in [6, 6.07) is 11.9. The van der Waals surface area contributed by atoms with E-state index in [0.717, 1.165) is 0 Å². The van der Waals surface area contributed by atoms with Crippen molar-refractivity contribution in [1.82, 2.24) is 14.7 Å². The highest BCUT2D eigenvalue weighted by Crippen LogP contribution is 2.25. The van der Waals surface area contributed by atoms with Gasteiger partial charge in [-0.3, -0.25) is 4.79 Å². The van der Waals surface area contributed by atoms with Gasteiger partial charge in [-0.15, -0.1) is 0 Å². The molecule has 0 N–H and O–H groups in total. The van der Waals surface area contributed by atoms with Gasteiger partial charge in [0.1, 0.15) is 12.3 Å². The summed E-state index contributed by atoms with van der Waals surface area (Å²) in [6.07, 6.45) is -1.80. The van der Waals surface area contributed by atoms with Gasteiger partial charge in [0.15, 0.2) is 11.4 Å². The summed E-state index contributed by atoms with van der Waals surface area (Å²) >= 11 is 0. The molecule has 1 aromatic carbocycles. The van der Waals surface area contributed by atoms with Gasteiger partial charge in [-0.25, -0.2) is 4.68 Å². The lowest BCUT2D eigenvalue weighted by Crippen LogP contribution is -2.38. The second-order valence-corrected chi connectivity index (χ2v) is 5.68. The van der Waals surface area contributed by atoms with Crippen molar-refractivity contribution in [2.45, 2.75) is 12.7 Å². The number of alkyl halides is 3. The van der Waals surface area contributed by atoms with Crippen LogP contribution in [0.1, 0.15) is 16.2 Å². The average molecular weight is 379 g/mol. The van der Waals surface area contributed by atoms with Crippen molar-refractivity contribution in [3.05, 3.63) is 66.4 Å². The van der Waals surface area contributed by atoms with E-state index in [4.69, 9.17) is 9.15 Å². The number of hydrogen-bond donors (Lipinski definition) is 0. The Balaban J connectivity index is 1.93. The predicted octanol–water partition coefficient (Wildman–Crippen LogP) is 3.68. The number of amides is 1. The van der Waals surface area contributed by atoms with Crippen LogP contribution >= 0.6 is 0 Å². The SMILES string of the molecule is COc1cn(-c2ccccc2)nc1C(=O)N(Cc1ccco1)CC(F)(F)F. The monoisotopic (exact) mass is 379 g/mol. The zero-order valence-corrected chi connectivity index (χ0v) is 14.3. The van der Waals surface area contributed by atoms with Gasteiger partial charge >= 0.3 is 6.18 Å². The van der Waals surface area contributed by atoms with Crippen LogP contribution in [0.5, 0.6) is 5.75 Å². The normalized spacial score (nSPS) is 11.4. The van der Waals surface area contributed by atoms with E-state index in [1.807, 2.05) is 6.07 Å². The van der Waals surface area contributed by atoms with Gasteiger partial charge in [-0.1, -0.05) is 18.2 Å². The number of nitrogens with zero attached hydrogens (tertiary/aromatic N) is 3. The first-order chi connectivity index (χ1) is 12.9. The van der Waals surface area contributed by atoms with Gasteiger partial charge in [-0.05, 0) is 24.3 Å². The van der Waals surface area contributed by atoms with E-state index in [9.17, 15) is 18.0 Å². The largest absolute Gasteiger partial charge is 0.493 e. The van der Waals surface area contributed by atoms with E-state index in [1.165, 1.54) is 36.4 Å². The molecule has 0 saturated carbocycles. The smallest absolute Gasteiger partial charge is 0.406 e. The fraction of sp³-hybridized carbons (Fsp3) is 0.222. The first kappa shape index (κ1) is 18.6. The van der Waals surface area contributed by atoms with Gasteiger partial charge < -0.3 is 14.1 Å². The molecule has 0 aliphatic carbocycles.